The SMILES string of the molecule is O=S1(=O)NC(=NC23CC(C2)C3)Nc2ccc(Cl)cc21. The first-order valence-electron chi connectivity index (χ1n) is 6.15. The average molecular weight is 298 g/mol. The van der Waals surface area contributed by atoms with Crippen molar-refractivity contribution in [2.75, 3.05) is 5.32 Å². The fourth-order valence-electron chi connectivity index (χ4n) is 3.01. The summed E-state index contributed by atoms with van der Waals surface area (Å²) in [6.07, 6.45) is 3.23. The van der Waals surface area contributed by atoms with E-state index in [0.717, 1.165) is 25.2 Å². The molecule has 0 aromatic heterocycles. The van der Waals surface area contributed by atoms with Gasteiger partial charge in [-0.2, -0.15) is 0 Å². The molecule has 0 atom stereocenters. The summed E-state index contributed by atoms with van der Waals surface area (Å²) in [5, 5.41) is 3.42. The van der Waals surface area contributed by atoms with Gasteiger partial charge in [-0.25, -0.2) is 18.1 Å². The molecule has 1 aromatic carbocycles. The molecule has 0 spiro atoms. The van der Waals surface area contributed by atoms with Gasteiger partial charge in [-0.1, -0.05) is 11.6 Å². The molecule has 3 aliphatic carbocycles. The molecular formula is C12H12ClN3O2S. The third kappa shape index (κ3) is 1.66. The maximum atomic E-state index is 12.2. The Hall–Kier alpha value is -1.27. The summed E-state index contributed by atoms with van der Waals surface area (Å²) in [5.74, 6) is 1.13. The molecule has 0 amide bonds. The lowest BCUT2D eigenvalue weighted by molar-refractivity contribution is -0.0147. The minimum absolute atomic E-state index is 0.0144. The van der Waals surface area contributed by atoms with E-state index in [0.29, 0.717) is 16.7 Å². The standard InChI is InChI=1S/C12H12ClN3O2S/c13-8-1-2-9-10(3-8)19(17,18)16-11(14-9)15-12-4-7(5-12)6-12/h1-3,7H,4-6H2,(H2,14,15,16). The molecule has 1 aromatic rings. The first-order valence-corrected chi connectivity index (χ1v) is 8.01. The summed E-state index contributed by atoms with van der Waals surface area (Å²) in [6.45, 7) is 0. The molecule has 2 N–H and O–H groups in total. The number of nitrogens with one attached hydrogen (secondary N) is 2. The second kappa shape index (κ2) is 3.43. The monoisotopic (exact) mass is 297 g/mol. The smallest absolute Gasteiger partial charge is 0.266 e. The van der Waals surface area contributed by atoms with E-state index in [-0.39, 0.29) is 10.4 Å². The van der Waals surface area contributed by atoms with E-state index < -0.39 is 10.0 Å². The highest BCUT2D eigenvalue weighted by Crippen LogP contribution is 2.59. The first kappa shape index (κ1) is 11.5. The van der Waals surface area contributed by atoms with Crippen LogP contribution in [-0.2, 0) is 10.0 Å². The van der Waals surface area contributed by atoms with Gasteiger partial charge >= 0.3 is 0 Å². The van der Waals surface area contributed by atoms with E-state index in [1.807, 2.05) is 0 Å². The molecule has 3 fully saturated rings. The van der Waals surface area contributed by atoms with Crippen molar-refractivity contribution in [2.45, 2.75) is 29.7 Å². The van der Waals surface area contributed by atoms with Crippen molar-refractivity contribution >= 4 is 33.3 Å². The summed E-state index contributed by atoms with van der Waals surface area (Å²) < 4.78 is 26.8. The molecular weight excluding hydrogens is 286 g/mol. The van der Waals surface area contributed by atoms with Gasteiger partial charge in [0.05, 0.1) is 11.2 Å². The lowest BCUT2D eigenvalue weighted by Gasteiger charge is -2.59. The Morgan fingerprint density at radius 1 is 1.32 bits per heavy atom. The molecule has 0 saturated heterocycles. The minimum atomic E-state index is -3.58. The number of rotatable bonds is 1. The van der Waals surface area contributed by atoms with Crippen LogP contribution in [-0.4, -0.2) is 19.9 Å². The largest absolute Gasteiger partial charge is 0.324 e. The molecule has 19 heavy (non-hydrogen) atoms. The highest BCUT2D eigenvalue weighted by molar-refractivity contribution is 7.90. The van der Waals surface area contributed by atoms with Gasteiger partial charge in [0.15, 0.2) is 0 Å². The number of nitrogens with zero attached hydrogens (tertiary/aromatic N) is 1. The number of hydrogen-bond acceptors (Lipinski definition) is 3. The molecule has 1 heterocycles. The zero-order chi connectivity index (χ0) is 13.3. The van der Waals surface area contributed by atoms with E-state index in [2.05, 4.69) is 15.0 Å². The Balaban J connectivity index is 1.75. The normalized spacial score (nSPS) is 35.4. The summed E-state index contributed by atoms with van der Waals surface area (Å²) in [6, 6.07) is 4.75. The first-order chi connectivity index (χ1) is 8.96. The van der Waals surface area contributed by atoms with E-state index >= 15 is 0 Å². The Morgan fingerprint density at radius 2 is 2.05 bits per heavy atom. The molecule has 3 saturated carbocycles. The lowest BCUT2D eigenvalue weighted by atomic mass is 9.50. The summed E-state index contributed by atoms with van der Waals surface area (Å²) in [4.78, 5) is 4.70. The summed E-state index contributed by atoms with van der Waals surface area (Å²) in [5.41, 5.74) is 0.507. The number of hydrogen-bond donors (Lipinski definition) is 2. The predicted octanol–water partition coefficient (Wildman–Crippen LogP) is 1.95. The van der Waals surface area contributed by atoms with E-state index in [9.17, 15) is 8.42 Å². The van der Waals surface area contributed by atoms with Crippen LogP contribution in [0.3, 0.4) is 0 Å². The van der Waals surface area contributed by atoms with Crippen LogP contribution in [0.1, 0.15) is 19.3 Å². The number of guanidine groups is 1. The minimum Gasteiger partial charge on any atom is -0.324 e. The quantitative estimate of drug-likeness (QED) is 0.832. The van der Waals surface area contributed by atoms with Crippen LogP contribution < -0.4 is 10.0 Å². The molecule has 1 aliphatic heterocycles. The second-order valence-electron chi connectivity index (χ2n) is 5.53. The molecule has 5 rings (SSSR count). The highest BCUT2D eigenvalue weighted by Gasteiger charge is 2.57. The maximum absolute atomic E-state index is 12.2. The fourth-order valence-corrected chi connectivity index (χ4v) is 4.40. The van der Waals surface area contributed by atoms with Crippen LogP contribution in [0.5, 0.6) is 0 Å². The fraction of sp³-hybridized carbons (Fsp3) is 0.417. The third-order valence-electron chi connectivity index (χ3n) is 4.07. The van der Waals surface area contributed by atoms with E-state index in [4.69, 9.17) is 11.6 Å². The molecule has 4 aliphatic rings. The number of anilines is 1. The van der Waals surface area contributed by atoms with Crippen molar-refractivity contribution in [1.82, 2.24) is 4.72 Å². The number of aliphatic imine (C=N–C) groups is 1. The van der Waals surface area contributed by atoms with Crippen molar-refractivity contribution in [3.05, 3.63) is 23.2 Å². The van der Waals surface area contributed by atoms with Gasteiger partial charge in [0.1, 0.15) is 4.90 Å². The molecule has 2 bridgehead atoms. The number of sulfonamides is 1. The topological polar surface area (TPSA) is 70.6 Å². The molecule has 7 heteroatoms. The van der Waals surface area contributed by atoms with E-state index in [1.54, 1.807) is 12.1 Å². The average Bonchev–Trinajstić information content (AvgIpc) is 2.22. The second-order valence-corrected chi connectivity index (χ2v) is 7.62. The van der Waals surface area contributed by atoms with Crippen LogP contribution in [0, 0.1) is 5.92 Å². The Bertz CT molecular complexity index is 697. The van der Waals surface area contributed by atoms with Crippen LogP contribution in [0.15, 0.2) is 28.1 Å². The van der Waals surface area contributed by atoms with Gasteiger partial charge in [-0.05, 0) is 43.4 Å². The van der Waals surface area contributed by atoms with Crippen molar-refractivity contribution in [3.63, 3.8) is 0 Å². The number of benzene rings is 1. The van der Waals surface area contributed by atoms with Gasteiger partial charge in [-0.3, -0.25) is 0 Å². The zero-order valence-electron chi connectivity index (χ0n) is 9.98. The zero-order valence-corrected chi connectivity index (χ0v) is 11.6. The Labute approximate surface area is 116 Å². The summed E-state index contributed by atoms with van der Waals surface area (Å²) in [7, 11) is -3.58. The van der Waals surface area contributed by atoms with Gasteiger partial charge in [0, 0.05) is 5.02 Å². The van der Waals surface area contributed by atoms with Crippen molar-refractivity contribution in [1.29, 1.82) is 0 Å². The lowest BCUT2D eigenvalue weighted by Crippen LogP contribution is -2.58. The van der Waals surface area contributed by atoms with Crippen LogP contribution in [0.2, 0.25) is 5.02 Å². The molecule has 100 valence electrons. The van der Waals surface area contributed by atoms with Gasteiger partial charge in [0.2, 0.25) is 5.96 Å². The predicted molar refractivity (Wildman–Crippen MR) is 72.9 cm³/mol. The molecule has 0 radical (unpaired) electrons. The van der Waals surface area contributed by atoms with Crippen LogP contribution in [0.4, 0.5) is 5.69 Å². The van der Waals surface area contributed by atoms with Gasteiger partial charge in [-0.15, -0.1) is 0 Å². The summed E-state index contributed by atoms with van der Waals surface area (Å²) >= 11 is 5.83. The van der Waals surface area contributed by atoms with Crippen molar-refractivity contribution in [3.8, 4) is 0 Å². The van der Waals surface area contributed by atoms with Gasteiger partial charge in [0.25, 0.3) is 10.0 Å². The van der Waals surface area contributed by atoms with Crippen LogP contribution in [0.25, 0.3) is 0 Å². The number of halogens is 1. The molecule has 5 nitrogen and oxygen atoms in total. The highest BCUT2D eigenvalue weighted by atomic mass is 35.5. The van der Waals surface area contributed by atoms with Crippen LogP contribution >= 0.6 is 11.6 Å². The van der Waals surface area contributed by atoms with Crippen molar-refractivity contribution in [2.24, 2.45) is 10.9 Å². The van der Waals surface area contributed by atoms with Gasteiger partial charge < -0.3 is 5.32 Å². The Kier molecular flexibility index (Phi) is 2.09. The number of fused-ring (bicyclic) bond motifs is 1. The molecule has 0 unspecified atom stereocenters. The van der Waals surface area contributed by atoms with E-state index in [1.165, 1.54) is 6.07 Å². The maximum Gasteiger partial charge on any atom is 0.266 e. The Morgan fingerprint density at radius 3 is 2.68 bits per heavy atom. The third-order valence-corrected chi connectivity index (χ3v) is 5.69. The van der Waals surface area contributed by atoms with Crippen molar-refractivity contribution < 1.29 is 8.42 Å².